The van der Waals surface area contributed by atoms with Crippen LogP contribution in [-0.4, -0.2) is 30.3 Å². The minimum Gasteiger partial charge on any atom is -0.444 e. The summed E-state index contributed by atoms with van der Waals surface area (Å²) >= 11 is 0. The summed E-state index contributed by atoms with van der Waals surface area (Å²) < 4.78 is 5.16. The van der Waals surface area contributed by atoms with Crippen LogP contribution in [-0.2, 0) is 4.74 Å². The van der Waals surface area contributed by atoms with Crippen LogP contribution in [0.4, 0.5) is 4.79 Å². The molecule has 0 saturated carbocycles. The van der Waals surface area contributed by atoms with E-state index >= 15 is 0 Å². The molecule has 1 rings (SSSR count). The SMILES string of the molecule is CC(C)(C)OC(=O)NC1CCN[C@@H](C#N)C1. The second-order valence-corrected chi connectivity index (χ2v) is 5.00. The zero-order valence-corrected chi connectivity index (χ0v) is 10.0. The monoisotopic (exact) mass is 225 g/mol. The molecule has 1 saturated heterocycles. The summed E-state index contributed by atoms with van der Waals surface area (Å²) in [7, 11) is 0. The third-order valence-electron chi connectivity index (χ3n) is 2.28. The number of carbonyl (C=O) groups excluding carboxylic acids is 1. The van der Waals surface area contributed by atoms with E-state index in [1.165, 1.54) is 0 Å². The zero-order valence-electron chi connectivity index (χ0n) is 10.0. The molecule has 0 aliphatic carbocycles. The molecule has 0 radical (unpaired) electrons. The van der Waals surface area contributed by atoms with Crippen molar-refractivity contribution in [1.29, 1.82) is 5.26 Å². The van der Waals surface area contributed by atoms with Gasteiger partial charge >= 0.3 is 6.09 Å². The zero-order chi connectivity index (χ0) is 12.2. The molecule has 1 amide bonds. The molecule has 2 atom stereocenters. The standard InChI is InChI=1S/C11H19N3O2/c1-11(2,3)16-10(15)14-8-4-5-13-9(6-8)7-12/h8-9,13H,4-6H2,1-3H3,(H,14,15)/t8?,9-/m1/s1. The average molecular weight is 225 g/mol. The quantitative estimate of drug-likeness (QED) is 0.702. The lowest BCUT2D eigenvalue weighted by Crippen LogP contribution is -2.48. The summed E-state index contributed by atoms with van der Waals surface area (Å²) in [6.07, 6.45) is 1.06. The van der Waals surface area contributed by atoms with Crippen LogP contribution in [0.15, 0.2) is 0 Å². The molecule has 1 aliphatic rings. The number of hydrogen-bond donors (Lipinski definition) is 2. The second-order valence-electron chi connectivity index (χ2n) is 5.00. The van der Waals surface area contributed by atoms with Gasteiger partial charge in [0, 0.05) is 6.04 Å². The fourth-order valence-electron chi connectivity index (χ4n) is 1.62. The highest BCUT2D eigenvalue weighted by Gasteiger charge is 2.24. The van der Waals surface area contributed by atoms with Crippen molar-refractivity contribution in [2.45, 2.75) is 51.3 Å². The molecule has 5 heteroatoms. The van der Waals surface area contributed by atoms with Crippen molar-refractivity contribution in [3.05, 3.63) is 0 Å². The Kier molecular flexibility index (Phi) is 4.13. The number of nitrogens with zero attached hydrogens (tertiary/aromatic N) is 1. The third-order valence-corrected chi connectivity index (χ3v) is 2.28. The second kappa shape index (κ2) is 5.17. The maximum Gasteiger partial charge on any atom is 0.407 e. The van der Waals surface area contributed by atoms with Gasteiger partial charge in [-0.25, -0.2) is 4.79 Å². The first-order chi connectivity index (χ1) is 7.40. The van der Waals surface area contributed by atoms with Crippen molar-refractivity contribution in [2.75, 3.05) is 6.54 Å². The Hall–Kier alpha value is -1.28. The minimum atomic E-state index is -0.481. The number of carbonyl (C=O) groups is 1. The van der Waals surface area contributed by atoms with Gasteiger partial charge in [0.1, 0.15) is 5.60 Å². The highest BCUT2D eigenvalue weighted by atomic mass is 16.6. The van der Waals surface area contributed by atoms with Gasteiger partial charge in [0.05, 0.1) is 12.1 Å². The minimum absolute atomic E-state index is 0.0285. The Bertz CT molecular complexity index is 291. The van der Waals surface area contributed by atoms with Gasteiger partial charge in [-0.1, -0.05) is 0 Å². The summed E-state index contributed by atoms with van der Waals surface area (Å²) in [6, 6.07) is 2.01. The molecule has 1 fully saturated rings. The van der Waals surface area contributed by atoms with Gasteiger partial charge < -0.3 is 15.4 Å². The smallest absolute Gasteiger partial charge is 0.407 e. The Morgan fingerprint density at radius 1 is 1.56 bits per heavy atom. The largest absolute Gasteiger partial charge is 0.444 e. The van der Waals surface area contributed by atoms with Crippen molar-refractivity contribution in [3.8, 4) is 6.07 Å². The van der Waals surface area contributed by atoms with Gasteiger partial charge in [-0.2, -0.15) is 5.26 Å². The summed E-state index contributed by atoms with van der Waals surface area (Å²) in [5.41, 5.74) is -0.481. The molecule has 0 spiro atoms. The van der Waals surface area contributed by atoms with E-state index in [0.717, 1.165) is 13.0 Å². The Morgan fingerprint density at radius 2 is 2.25 bits per heavy atom. The number of alkyl carbamates (subject to hydrolysis) is 1. The molecule has 1 unspecified atom stereocenters. The number of amides is 1. The highest BCUT2D eigenvalue weighted by molar-refractivity contribution is 5.68. The lowest BCUT2D eigenvalue weighted by atomic mass is 10.0. The Balaban J connectivity index is 2.37. The molecule has 0 aromatic heterocycles. The first-order valence-corrected chi connectivity index (χ1v) is 5.53. The first kappa shape index (κ1) is 12.8. The summed E-state index contributed by atoms with van der Waals surface area (Å²) in [6.45, 7) is 6.23. The van der Waals surface area contributed by atoms with Gasteiger partial charge in [-0.15, -0.1) is 0 Å². The predicted octanol–water partition coefficient (Wildman–Crippen LogP) is 1.16. The van der Waals surface area contributed by atoms with E-state index in [4.69, 9.17) is 10.00 Å². The van der Waals surface area contributed by atoms with Gasteiger partial charge in [0.25, 0.3) is 0 Å². The van der Waals surface area contributed by atoms with Gasteiger partial charge in [-0.3, -0.25) is 0 Å². The number of ether oxygens (including phenoxy) is 1. The normalized spacial score (nSPS) is 25.6. The Morgan fingerprint density at radius 3 is 2.81 bits per heavy atom. The lowest BCUT2D eigenvalue weighted by Gasteiger charge is -2.28. The van der Waals surface area contributed by atoms with Crippen molar-refractivity contribution >= 4 is 6.09 Å². The Labute approximate surface area is 96.2 Å². The lowest BCUT2D eigenvalue weighted by molar-refractivity contribution is 0.0493. The number of piperidine rings is 1. The van der Waals surface area contributed by atoms with Gasteiger partial charge in [0.2, 0.25) is 0 Å². The molecular weight excluding hydrogens is 206 g/mol. The molecular formula is C11H19N3O2. The van der Waals surface area contributed by atoms with Crippen LogP contribution < -0.4 is 10.6 Å². The van der Waals surface area contributed by atoms with Gasteiger partial charge in [-0.05, 0) is 40.2 Å². The summed E-state index contributed by atoms with van der Waals surface area (Å²) in [5, 5.41) is 14.6. The van der Waals surface area contributed by atoms with E-state index in [-0.39, 0.29) is 12.1 Å². The molecule has 5 nitrogen and oxygen atoms in total. The van der Waals surface area contributed by atoms with E-state index in [0.29, 0.717) is 6.42 Å². The van der Waals surface area contributed by atoms with E-state index in [1.807, 2.05) is 20.8 Å². The average Bonchev–Trinajstić information content (AvgIpc) is 2.15. The van der Waals surface area contributed by atoms with E-state index in [9.17, 15) is 4.79 Å². The van der Waals surface area contributed by atoms with Crippen molar-refractivity contribution in [3.63, 3.8) is 0 Å². The van der Waals surface area contributed by atoms with Crippen LogP contribution in [0.1, 0.15) is 33.6 Å². The topological polar surface area (TPSA) is 74.2 Å². The molecule has 0 aromatic rings. The predicted molar refractivity (Wildman–Crippen MR) is 59.8 cm³/mol. The highest BCUT2D eigenvalue weighted by Crippen LogP contribution is 2.11. The summed E-state index contributed by atoms with van der Waals surface area (Å²) in [4.78, 5) is 11.5. The van der Waals surface area contributed by atoms with Crippen molar-refractivity contribution in [2.24, 2.45) is 0 Å². The molecule has 0 bridgehead atoms. The third kappa shape index (κ3) is 4.49. The van der Waals surface area contributed by atoms with E-state index < -0.39 is 11.7 Å². The van der Waals surface area contributed by atoms with Crippen molar-refractivity contribution in [1.82, 2.24) is 10.6 Å². The first-order valence-electron chi connectivity index (χ1n) is 5.53. The van der Waals surface area contributed by atoms with Crippen LogP contribution in [0.2, 0.25) is 0 Å². The van der Waals surface area contributed by atoms with Crippen molar-refractivity contribution < 1.29 is 9.53 Å². The fourth-order valence-corrected chi connectivity index (χ4v) is 1.62. The maximum atomic E-state index is 11.5. The number of nitrogens with one attached hydrogen (secondary N) is 2. The van der Waals surface area contributed by atoms with Crippen LogP contribution in [0.3, 0.4) is 0 Å². The number of rotatable bonds is 1. The van der Waals surface area contributed by atoms with Crippen LogP contribution in [0, 0.1) is 11.3 Å². The number of nitriles is 1. The molecule has 2 N–H and O–H groups in total. The molecule has 1 heterocycles. The fraction of sp³-hybridized carbons (Fsp3) is 0.818. The molecule has 16 heavy (non-hydrogen) atoms. The van der Waals surface area contributed by atoms with E-state index in [1.54, 1.807) is 0 Å². The van der Waals surface area contributed by atoms with Crippen LogP contribution >= 0.6 is 0 Å². The molecule has 1 aliphatic heterocycles. The van der Waals surface area contributed by atoms with E-state index in [2.05, 4.69) is 16.7 Å². The maximum absolute atomic E-state index is 11.5. The number of hydrogen-bond acceptors (Lipinski definition) is 4. The van der Waals surface area contributed by atoms with Gasteiger partial charge in [0.15, 0.2) is 0 Å². The van der Waals surface area contributed by atoms with Crippen LogP contribution in [0.5, 0.6) is 0 Å². The molecule has 0 aromatic carbocycles. The van der Waals surface area contributed by atoms with Crippen LogP contribution in [0.25, 0.3) is 0 Å². The summed E-state index contributed by atoms with van der Waals surface area (Å²) in [5.74, 6) is 0. The molecule has 90 valence electrons.